The van der Waals surface area contributed by atoms with Crippen LogP contribution in [-0.2, 0) is 6.54 Å². The predicted molar refractivity (Wildman–Crippen MR) is 71.2 cm³/mol. The highest BCUT2D eigenvalue weighted by molar-refractivity contribution is 9.10. The summed E-state index contributed by atoms with van der Waals surface area (Å²) in [7, 11) is 2.18. The van der Waals surface area contributed by atoms with Gasteiger partial charge in [0.25, 0.3) is 0 Å². The van der Waals surface area contributed by atoms with Crippen molar-refractivity contribution in [2.24, 2.45) is 11.1 Å². The molecule has 0 unspecified atom stereocenters. The molecule has 1 aromatic rings. The third-order valence-electron chi connectivity index (χ3n) is 3.34. The zero-order valence-electron chi connectivity index (χ0n) is 9.75. The van der Waals surface area contributed by atoms with Crippen molar-refractivity contribution in [1.29, 1.82) is 0 Å². The molecule has 0 heterocycles. The molecular formula is C13H19BrN2. The molecule has 1 fully saturated rings. The van der Waals surface area contributed by atoms with Crippen LogP contribution in [0.5, 0.6) is 0 Å². The quantitative estimate of drug-likeness (QED) is 0.900. The number of benzene rings is 1. The molecule has 0 amide bonds. The topological polar surface area (TPSA) is 29.3 Å². The summed E-state index contributed by atoms with van der Waals surface area (Å²) in [6, 6.07) is 8.50. The Morgan fingerprint density at radius 2 is 2.19 bits per heavy atom. The van der Waals surface area contributed by atoms with Crippen LogP contribution in [0, 0.1) is 5.41 Å². The highest BCUT2D eigenvalue weighted by Crippen LogP contribution is 2.45. The molecule has 1 saturated carbocycles. The fourth-order valence-electron chi connectivity index (χ4n) is 2.18. The summed E-state index contributed by atoms with van der Waals surface area (Å²) < 4.78 is 1.15. The molecule has 0 spiro atoms. The molecule has 1 aromatic carbocycles. The van der Waals surface area contributed by atoms with Crippen molar-refractivity contribution in [3.63, 3.8) is 0 Å². The SMILES string of the molecule is CN(Cc1cccc(Br)c1)CC1(CN)CC1. The van der Waals surface area contributed by atoms with Crippen molar-refractivity contribution < 1.29 is 0 Å². The van der Waals surface area contributed by atoms with Crippen molar-refractivity contribution in [1.82, 2.24) is 4.90 Å². The van der Waals surface area contributed by atoms with Crippen molar-refractivity contribution in [2.75, 3.05) is 20.1 Å². The molecule has 1 aliphatic carbocycles. The molecule has 2 N–H and O–H groups in total. The molecule has 2 rings (SSSR count). The van der Waals surface area contributed by atoms with Gasteiger partial charge in [-0.25, -0.2) is 0 Å². The third-order valence-corrected chi connectivity index (χ3v) is 3.83. The van der Waals surface area contributed by atoms with Gasteiger partial charge in [-0.3, -0.25) is 0 Å². The van der Waals surface area contributed by atoms with Crippen LogP contribution in [0.15, 0.2) is 28.7 Å². The monoisotopic (exact) mass is 282 g/mol. The van der Waals surface area contributed by atoms with E-state index in [9.17, 15) is 0 Å². The summed E-state index contributed by atoms with van der Waals surface area (Å²) in [6.45, 7) is 2.95. The first-order valence-electron chi connectivity index (χ1n) is 5.77. The lowest BCUT2D eigenvalue weighted by Gasteiger charge is -2.22. The molecule has 0 atom stereocenters. The van der Waals surface area contributed by atoms with Crippen LogP contribution in [0.4, 0.5) is 0 Å². The maximum Gasteiger partial charge on any atom is 0.0231 e. The molecule has 2 nitrogen and oxygen atoms in total. The molecule has 3 heteroatoms. The Morgan fingerprint density at radius 1 is 1.44 bits per heavy atom. The van der Waals surface area contributed by atoms with Crippen molar-refractivity contribution in [3.8, 4) is 0 Å². The van der Waals surface area contributed by atoms with Gasteiger partial charge in [-0.2, -0.15) is 0 Å². The average molecular weight is 283 g/mol. The lowest BCUT2D eigenvalue weighted by atomic mass is 10.1. The smallest absolute Gasteiger partial charge is 0.0231 e. The summed E-state index contributed by atoms with van der Waals surface area (Å²) in [4.78, 5) is 2.38. The van der Waals surface area contributed by atoms with E-state index in [2.05, 4.69) is 52.1 Å². The van der Waals surface area contributed by atoms with Gasteiger partial charge in [0, 0.05) is 17.6 Å². The molecule has 0 aromatic heterocycles. The van der Waals surface area contributed by atoms with E-state index in [1.165, 1.54) is 18.4 Å². The third kappa shape index (κ3) is 3.06. The Bertz CT molecular complexity index is 361. The first-order chi connectivity index (χ1) is 7.63. The maximum atomic E-state index is 5.80. The number of halogens is 1. The van der Waals surface area contributed by atoms with E-state index >= 15 is 0 Å². The Kier molecular flexibility index (Phi) is 3.67. The molecule has 0 aliphatic heterocycles. The van der Waals surface area contributed by atoms with E-state index in [-0.39, 0.29) is 0 Å². The second-order valence-corrected chi connectivity index (χ2v) is 5.92. The minimum atomic E-state index is 0.431. The van der Waals surface area contributed by atoms with E-state index in [1.807, 2.05) is 0 Å². The number of rotatable bonds is 5. The summed E-state index contributed by atoms with van der Waals surface area (Å²) in [5.41, 5.74) is 7.58. The first kappa shape index (κ1) is 12.1. The van der Waals surface area contributed by atoms with Gasteiger partial charge in [0.2, 0.25) is 0 Å². The van der Waals surface area contributed by atoms with Crippen LogP contribution in [0.1, 0.15) is 18.4 Å². The second kappa shape index (κ2) is 4.86. The molecule has 16 heavy (non-hydrogen) atoms. The lowest BCUT2D eigenvalue weighted by Crippen LogP contribution is -2.31. The number of hydrogen-bond acceptors (Lipinski definition) is 2. The van der Waals surface area contributed by atoms with Crippen LogP contribution in [0.3, 0.4) is 0 Å². The minimum Gasteiger partial charge on any atom is -0.330 e. The molecular weight excluding hydrogens is 264 g/mol. The second-order valence-electron chi connectivity index (χ2n) is 5.01. The van der Waals surface area contributed by atoms with Crippen molar-refractivity contribution in [3.05, 3.63) is 34.3 Å². The normalized spacial score (nSPS) is 17.8. The largest absolute Gasteiger partial charge is 0.330 e. The summed E-state index contributed by atoms with van der Waals surface area (Å²) in [6.07, 6.45) is 2.60. The zero-order chi connectivity index (χ0) is 11.6. The van der Waals surface area contributed by atoms with Gasteiger partial charge in [-0.05, 0) is 49.5 Å². The van der Waals surface area contributed by atoms with E-state index in [0.29, 0.717) is 5.41 Å². The molecule has 88 valence electrons. The van der Waals surface area contributed by atoms with E-state index in [4.69, 9.17) is 5.73 Å². The van der Waals surface area contributed by atoms with Crippen LogP contribution in [0.2, 0.25) is 0 Å². The molecule has 1 aliphatic rings. The zero-order valence-corrected chi connectivity index (χ0v) is 11.3. The summed E-state index contributed by atoms with van der Waals surface area (Å²) in [5.74, 6) is 0. The van der Waals surface area contributed by atoms with Gasteiger partial charge in [0.05, 0.1) is 0 Å². The fourth-order valence-corrected chi connectivity index (χ4v) is 2.63. The summed E-state index contributed by atoms with van der Waals surface area (Å²) >= 11 is 3.50. The Labute approximate surface area is 106 Å². The maximum absolute atomic E-state index is 5.80. The fraction of sp³-hybridized carbons (Fsp3) is 0.538. The van der Waals surface area contributed by atoms with Crippen LogP contribution in [0.25, 0.3) is 0 Å². The minimum absolute atomic E-state index is 0.431. The molecule has 0 bridgehead atoms. The van der Waals surface area contributed by atoms with Gasteiger partial charge in [-0.1, -0.05) is 28.1 Å². The van der Waals surface area contributed by atoms with Gasteiger partial charge in [0.1, 0.15) is 0 Å². The van der Waals surface area contributed by atoms with Crippen molar-refractivity contribution in [2.45, 2.75) is 19.4 Å². The number of nitrogens with two attached hydrogens (primary N) is 1. The first-order valence-corrected chi connectivity index (χ1v) is 6.56. The van der Waals surface area contributed by atoms with E-state index < -0.39 is 0 Å². The Hall–Kier alpha value is -0.380. The van der Waals surface area contributed by atoms with Gasteiger partial charge < -0.3 is 10.6 Å². The van der Waals surface area contributed by atoms with Crippen LogP contribution in [-0.4, -0.2) is 25.0 Å². The highest BCUT2D eigenvalue weighted by atomic mass is 79.9. The predicted octanol–water partition coefficient (Wildman–Crippen LogP) is 2.62. The van der Waals surface area contributed by atoms with Crippen LogP contribution >= 0.6 is 15.9 Å². The van der Waals surface area contributed by atoms with Crippen molar-refractivity contribution >= 4 is 15.9 Å². The molecule has 0 saturated heterocycles. The van der Waals surface area contributed by atoms with Gasteiger partial charge in [-0.15, -0.1) is 0 Å². The van der Waals surface area contributed by atoms with E-state index in [1.54, 1.807) is 0 Å². The number of hydrogen-bond donors (Lipinski definition) is 1. The van der Waals surface area contributed by atoms with Crippen LogP contribution < -0.4 is 5.73 Å². The Morgan fingerprint density at radius 3 is 2.75 bits per heavy atom. The number of nitrogens with zero attached hydrogens (tertiary/aromatic N) is 1. The summed E-state index contributed by atoms with van der Waals surface area (Å²) in [5, 5.41) is 0. The van der Waals surface area contributed by atoms with Gasteiger partial charge in [0.15, 0.2) is 0 Å². The average Bonchev–Trinajstić information content (AvgIpc) is 2.98. The van der Waals surface area contributed by atoms with E-state index in [0.717, 1.165) is 24.1 Å². The molecule has 0 radical (unpaired) electrons. The Balaban J connectivity index is 1.89. The standard InChI is InChI=1S/C13H19BrN2/c1-16(10-13(9-15)5-6-13)8-11-3-2-4-12(14)7-11/h2-4,7H,5-6,8-10,15H2,1H3. The lowest BCUT2D eigenvalue weighted by molar-refractivity contribution is 0.259. The highest BCUT2D eigenvalue weighted by Gasteiger charge is 2.41. The van der Waals surface area contributed by atoms with Gasteiger partial charge >= 0.3 is 0 Å².